The minimum Gasteiger partial charge on any atom is -0.497 e. The van der Waals surface area contributed by atoms with Crippen LogP contribution in [-0.2, 0) is 0 Å². The molecule has 0 bridgehead atoms. The van der Waals surface area contributed by atoms with Crippen LogP contribution in [0.2, 0.25) is 0 Å². The largest absolute Gasteiger partial charge is 0.497 e. The number of nitrogens with two attached hydrogens (primary N) is 1. The van der Waals surface area contributed by atoms with E-state index in [4.69, 9.17) is 10.5 Å². The summed E-state index contributed by atoms with van der Waals surface area (Å²) >= 11 is 0. The molecule has 0 aliphatic rings. The molecule has 0 radical (unpaired) electrons. The summed E-state index contributed by atoms with van der Waals surface area (Å²) in [5.74, 6) is -0.183. The van der Waals surface area contributed by atoms with E-state index in [-0.39, 0.29) is 5.91 Å². The third kappa shape index (κ3) is 3.50. The Bertz CT molecular complexity index is 916. The Morgan fingerprint density at radius 3 is 2.60 bits per heavy atom. The highest BCUT2D eigenvalue weighted by Gasteiger charge is 2.16. The van der Waals surface area contributed by atoms with E-state index in [9.17, 15) is 9.59 Å². The van der Waals surface area contributed by atoms with E-state index >= 15 is 0 Å². The van der Waals surface area contributed by atoms with Crippen molar-refractivity contribution in [2.45, 2.75) is 0 Å². The minimum atomic E-state index is -0.557. The number of anilines is 1. The van der Waals surface area contributed by atoms with Crippen molar-refractivity contribution in [3.05, 3.63) is 65.9 Å². The Balaban J connectivity index is 1.85. The Morgan fingerprint density at radius 2 is 1.92 bits per heavy atom. The molecule has 0 fully saturated rings. The highest BCUT2D eigenvalue weighted by Crippen LogP contribution is 2.24. The van der Waals surface area contributed by atoms with Crippen LogP contribution in [-0.4, -0.2) is 29.1 Å². The van der Waals surface area contributed by atoms with Gasteiger partial charge in [0.05, 0.1) is 24.6 Å². The lowest BCUT2D eigenvalue weighted by Crippen LogP contribution is -2.14. The van der Waals surface area contributed by atoms with Gasteiger partial charge >= 0.3 is 0 Å². The second kappa shape index (κ2) is 6.88. The molecule has 1 heterocycles. The summed E-state index contributed by atoms with van der Waals surface area (Å²) < 4.78 is 5.13. The van der Waals surface area contributed by atoms with Gasteiger partial charge in [0, 0.05) is 16.8 Å². The Morgan fingerprint density at radius 1 is 1.16 bits per heavy atom. The molecule has 0 aliphatic carbocycles. The zero-order valence-electron chi connectivity index (χ0n) is 13.4. The van der Waals surface area contributed by atoms with Crippen LogP contribution in [0.1, 0.15) is 20.7 Å². The maximum Gasteiger partial charge on any atom is 0.259 e. The van der Waals surface area contributed by atoms with Crippen molar-refractivity contribution < 1.29 is 14.3 Å². The number of H-pyrrole nitrogens is 1. The number of benzene rings is 2. The first-order valence-corrected chi connectivity index (χ1v) is 7.47. The minimum absolute atomic E-state index is 0.320. The van der Waals surface area contributed by atoms with Gasteiger partial charge in [0.15, 0.2) is 0 Å². The molecule has 3 rings (SSSR count). The van der Waals surface area contributed by atoms with Crippen LogP contribution in [0, 0.1) is 0 Å². The highest BCUT2D eigenvalue weighted by molar-refractivity contribution is 6.08. The van der Waals surface area contributed by atoms with Gasteiger partial charge < -0.3 is 15.8 Å². The Kier molecular flexibility index (Phi) is 4.47. The predicted molar refractivity (Wildman–Crippen MR) is 93.5 cm³/mol. The number of ether oxygens (including phenoxy) is 1. The molecular formula is C18H16N4O3. The van der Waals surface area contributed by atoms with Crippen LogP contribution in [0.4, 0.5) is 5.69 Å². The van der Waals surface area contributed by atoms with E-state index in [1.54, 1.807) is 37.4 Å². The first-order valence-electron chi connectivity index (χ1n) is 7.47. The van der Waals surface area contributed by atoms with Crippen LogP contribution in [0.5, 0.6) is 5.75 Å². The third-order valence-corrected chi connectivity index (χ3v) is 3.67. The molecule has 7 nitrogen and oxygen atoms in total. The Hall–Kier alpha value is -3.61. The lowest BCUT2D eigenvalue weighted by atomic mass is 10.1. The van der Waals surface area contributed by atoms with E-state index in [1.807, 2.05) is 12.1 Å². The summed E-state index contributed by atoms with van der Waals surface area (Å²) in [7, 11) is 1.59. The van der Waals surface area contributed by atoms with Crippen molar-refractivity contribution in [2.24, 2.45) is 5.73 Å². The van der Waals surface area contributed by atoms with Gasteiger partial charge in [-0.2, -0.15) is 5.10 Å². The number of carbonyl (C=O) groups excluding carboxylic acids is 2. The number of amides is 2. The van der Waals surface area contributed by atoms with E-state index in [1.165, 1.54) is 12.3 Å². The van der Waals surface area contributed by atoms with Crippen LogP contribution < -0.4 is 15.8 Å². The quantitative estimate of drug-likeness (QED) is 0.664. The number of carbonyl (C=O) groups is 2. The summed E-state index contributed by atoms with van der Waals surface area (Å²) in [6.45, 7) is 0. The number of methoxy groups -OCH3 is 1. The summed E-state index contributed by atoms with van der Waals surface area (Å²) in [4.78, 5) is 23.8. The first kappa shape index (κ1) is 16.3. The highest BCUT2D eigenvalue weighted by atomic mass is 16.5. The molecule has 0 atom stereocenters. The van der Waals surface area contributed by atoms with Gasteiger partial charge in [-0.25, -0.2) is 0 Å². The maximum atomic E-state index is 12.6. The molecule has 1 aromatic heterocycles. The van der Waals surface area contributed by atoms with Crippen molar-refractivity contribution in [3.8, 4) is 17.0 Å². The molecule has 0 saturated carbocycles. The maximum absolute atomic E-state index is 12.6. The summed E-state index contributed by atoms with van der Waals surface area (Å²) in [6, 6.07) is 13.7. The number of aromatic amines is 1. The molecule has 2 amide bonds. The number of hydrogen-bond donors (Lipinski definition) is 3. The van der Waals surface area contributed by atoms with Crippen molar-refractivity contribution in [1.29, 1.82) is 0 Å². The van der Waals surface area contributed by atoms with Gasteiger partial charge in [-0.1, -0.05) is 6.07 Å². The molecular weight excluding hydrogens is 320 g/mol. The van der Waals surface area contributed by atoms with Crippen LogP contribution in [0.25, 0.3) is 11.3 Å². The lowest BCUT2D eigenvalue weighted by molar-refractivity contribution is 0.0996. The number of rotatable bonds is 5. The smallest absolute Gasteiger partial charge is 0.259 e. The number of hydrogen-bond acceptors (Lipinski definition) is 4. The monoisotopic (exact) mass is 336 g/mol. The SMILES string of the molecule is COc1ccc(-c2[nH]ncc2C(=O)Nc2cccc(C(N)=O)c2)cc1. The average molecular weight is 336 g/mol. The fourth-order valence-corrected chi connectivity index (χ4v) is 2.38. The van der Waals surface area contributed by atoms with E-state index < -0.39 is 5.91 Å². The van der Waals surface area contributed by atoms with Gasteiger partial charge in [-0.3, -0.25) is 14.7 Å². The second-order valence-electron chi connectivity index (χ2n) is 5.29. The summed E-state index contributed by atoms with van der Waals surface area (Å²) in [5.41, 5.74) is 7.82. The number of nitrogens with one attached hydrogen (secondary N) is 2. The van der Waals surface area contributed by atoms with Gasteiger partial charge in [0.25, 0.3) is 5.91 Å². The van der Waals surface area contributed by atoms with E-state index in [0.717, 1.165) is 11.3 Å². The Labute approximate surface area is 143 Å². The fourth-order valence-electron chi connectivity index (χ4n) is 2.38. The molecule has 25 heavy (non-hydrogen) atoms. The fraction of sp³-hybridized carbons (Fsp3) is 0.0556. The predicted octanol–water partition coefficient (Wildman–Crippen LogP) is 2.44. The molecule has 2 aromatic carbocycles. The normalized spacial score (nSPS) is 10.3. The van der Waals surface area contributed by atoms with Gasteiger partial charge in [-0.05, 0) is 42.5 Å². The lowest BCUT2D eigenvalue weighted by Gasteiger charge is -2.07. The first-order chi connectivity index (χ1) is 12.1. The van der Waals surface area contributed by atoms with Crippen LogP contribution in [0.3, 0.4) is 0 Å². The second-order valence-corrected chi connectivity index (χ2v) is 5.29. The molecule has 126 valence electrons. The van der Waals surface area contributed by atoms with Crippen molar-refractivity contribution in [3.63, 3.8) is 0 Å². The average Bonchev–Trinajstić information content (AvgIpc) is 3.12. The zero-order valence-corrected chi connectivity index (χ0v) is 13.4. The molecule has 0 aliphatic heterocycles. The number of nitrogens with zero attached hydrogens (tertiary/aromatic N) is 1. The van der Waals surface area contributed by atoms with Gasteiger partial charge in [0.2, 0.25) is 5.91 Å². The van der Waals surface area contributed by atoms with E-state index in [0.29, 0.717) is 22.5 Å². The van der Waals surface area contributed by atoms with E-state index in [2.05, 4.69) is 15.5 Å². The van der Waals surface area contributed by atoms with Crippen LogP contribution in [0.15, 0.2) is 54.7 Å². The van der Waals surface area contributed by atoms with Crippen molar-refractivity contribution in [1.82, 2.24) is 10.2 Å². The summed E-state index contributed by atoms with van der Waals surface area (Å²) in [6.07, 6.45) is 1.45. The van der Waals surface area contributed by atoms with Gasteiger partial charge in [0.1, 0.15) is 5.75 Å². The molecule has 0 unspecified atom stereocenters. The zero-order chi connectivity index (χ0) is 17.8. The number of primary amides is 1. The number of aromatic nitrogens is 2. The molecule has 0 spiro atoms. The molecule has 0 saturated heterocycles. The molecule has 3 aromatic rings. The van der Waals surface area contributed by atoms with Crippen LogP contribution >= 0.6 is 0 Å². The van der Waals surface area contributed by atoms with Crippen molar-refractivity contribution in [2.75, 3.05) is 12.4 Å². The molecule has 7 heteroatoms. The van der Waals surface area contributed by atoms with Crippen molar-refractivity contribution >= 4 is 17.5 Å². The topological polar surface area (TPSA) is 110 Å². The standard InChI is InChI=1S/C18H16N4O3/c1-25-14-7-5-11(6-8-14)16-15(10-20-22-16)18(24)21-13-4-2-3-12(9-13)17(19)23/h2-10H,1H3,(H2,19,23)(H,20,22)(H,21,24). The van der Waals surface area contributed by atoms with Gasteiger partial charge in [-0.15, -0.1) is 0 Å². The third-order valence-electron chi connectivity index (χ3n) is 3.67. The molecule has 4 N–H and O–H groups in total. The summed E-state index contributed by atoms with van der Waals surface area (Å²) in [5, 5.41) is 9.53.